The molecule has 0 atom stereocenters. The topological polar surface area (TPSA) is 81.6 Å². The number of aromatic nitrogens is 6. The second-order valence-electron chi connectivity index (χ2n) is 12.5. The summed E-state index contributed by atoms with van der Waals surface area (Å²) in [5.41, 5.74) is 14.8. The van der Waals surface area contributed by atoms with Crippen LogP contribution in [0.15, 0.2) is 54.6 Å². The lowest BCUT2D eigenvalue weighted by Crippen LogP contribution is -2.17. The van der Waals surface area contributed by atoms with Gasteiger partial charge >= 0.3 is 0 Å². The highest BCUT2D eigenvalue weighted by Gasteiger charge is 2.22. The van der Waals surface area contributed by atoms with E-state index in [0.29, 0.717) is 5.69 Å². The molecule has 216 valence electrons. The molecule has 0 amide bonds. The molecule has 0 fully saturated rings. The summed E-state index contributed by atoms with van der Waals surface area (Å²) in [6.07, 6.45) is 0. The van der Waals surface area contributed by atoms with E-state index in [4.69, 9.17) is 10.2 Å². The van der Waals surface area contributed by atoms with Crippen molar-refractivity contribution >= 4 is 22.1 Å². The molecule has 0 spiro atoms. The van der Waals surface area contributed by atoms with E-state index >= 15 is 0 Å². The Labute approximate surface area is 247 Å². The van der Waals surface area contributed by atoms with Crippen molar-refractivity contribution in [2.45, 2.75) is 74.7 Å². The fourth-order valence-electron chi connectivity index (χ4n) is 5.45. The first kappa shape index (κ1) is 29.0. The maximum absolute atomic E-state index is 10.2. The Hall–Kier alpha value is -4.52. The fourth-order valence-corrected chi connectivity index (χ4v) is 5.45. The van der Waals surface area contributed by atoms with Gasteiger partial charge in [-0.05, 0) is 129 Å². The van der Waals surface area contributed by atoms with E-state index in [0.717, 1.165) is 44.4 Å². The number of hydrogen-bond donors (Lipinski definition) is 1. The number of phenolic OH excluding ortho intramolecular Hbond substituents is 1. The molecular formula is C35H40N6O. The van der Waals surface area contributed by atoms with Crippen LogP contribution in [0.4, 0.5) is 0 Å². The number of phenols is 1. The summed E-state index contributed by atoms with van der Waals surface area (Å²) >= 11 is 0. The summed E-state index contributed by atoms with van der Waals surface area (Å²) in [4.78, 5) is 3.32. The van der Waals surface area contributed by atoms with Gasteiger partial charge in [0.1, 0.15) is 33.5 Å². The van der Waals surface area contributed by atoms with Gasteiger partial charge in [-0.15, -0.1) is 30.0 Å². The number of aryl methyl sites for hydroxylation is 5. The van der Waals surface area contributed by atoms with E-state index in [1.165, 1.54) is 32.6 Å². The average molecular weight is 561 g/mol. The Morgan fingerprint density at radius 3 is 1.64 bits per heavy atom. The third-order valence-electron chi connectivity index (χ3n) is 7.79. The van der Waals surface area contributed by atoms with Crippen LogP contribution in [0, 0.1) is 48.5 Å². The van der Waals surface area contributed by atoms with E-state index < -0.39 is 0 Å². The van der Waals surface area contributed by atoms with Gasteiger partial charge in [0, 0.05) is 0 Å². The Balaban J connectivity index is 0.000000171. The van der Waals surface area contributed by atoms with Gasteiger partial charge in [-0.1, -0.05) is 45.0 Å². The number of rotatable bonds is 2. The molecule has 7 nitrogen and oxygen atoms in total. The number of nitrogens with zero attached hydrogens (tertiary/aromatic N) is 6. The third-order valence-corrected chi connectivity index (χ3v) is 7.79. The lowest BCUT2D eigenvalue weighted by Gasteiger charge is -2.25. The molecule has 0 saturated carbocycles. The zero-order valence-electron chi connectivity index (χ0n) is 26.3. The summed E-state index contributed by atoms with van der Waals surface area (Å²) in [7, 11) is 0. The predicted molar refractivity (Wildman–Crippen MR) is 171 cm³/mol. The molecule has 2 aromatic heterocycles. The molecule has 0 aliphatic heterocycles. The lowest BCUT2D eigenvalue weighted by molar-refractivity contribution is 0.463. The van der Waals surface area contributed by atoms with Crippen LogP contribution in [0.5, 0.6) is 5.75 Å². The van der Waals surface area contributed by atoms with Crippen LogP contribution >= 0.6 is 0 Å². The maximum atomic E-state index is 10.2. The third kappa shape index (κ3) is 5.51. The van der Waals surface area contributed by atoms with Crippen LogP contribution in [0.1, 0.15) is 65.3 Å². The van der Waals surface area contributed by atoms with Gasteiger partial charge in [-0.2, -0.15) is 0 Å². The monoisotopic (exact) mass is 560 g/mol. The Kier molecular flexibility index (Phi) is 7.39. The van der Waals surface area contributed by atoms with Gasteiger partial charge in [0.25, 0.3) is 0 Å². The maximum Gasteiger partial charge on any atom is 0.146 e. The first-order chi connectivity index (χ1) is 19.7. The van der Waals surface area contributed by atoms with E-state index in [-0.39, 0.29) is 11.2 Å². The van der Waals surface area contributed by atoms with Crippen molar-refractivity contribution in [1.82, 2.24) is 30.0 Å². The number of hydrogen-bond acceptors (Lipinski definition) is 5. The van der Waals surface area contributed by atoms with Crippen molar-refractivity contribution in [3.63, 3.8) is 0 Å². The molecule has 6 aromatic rings. The Bertz CT molecular complexity index is 1960. The van der Waals surface area contributed by atoms with Gasteiger partial charge in [-0.3, -0.25) is 0 Å². The molecule has 7 heteroatoms. The van der Waals surface area contributed by atoms with Crippen molar-refractivity contribution in [1.29, 1.82) is 0 Å². The van der Waals surface area contributed by atoms with Crippen LogP contribution in [-0.4, -0.2) is 35.1 Å². The largest absolute Gasteiger partial charge is 0.505 e. The molecular weight excluding hydrogens is 520 g/mol. The number of aromatic hydroxyl groups is 1. The quantitative estimate of drug-likeness (QED) is 0.232. The highest BCUT2D eigenvalue weighted by Crippen LogP contribution is 2.33. The minimum atomic E-state index is 0.0977. The van der Waals surface area contributed by atoms with Gasteiger partial charge in [-0.25, -0.2) is 0 Å². The molecule has 0 bridgehead atoms. The standard InChI is InChI=1S/C20H25N3.C15H15N3O/c1-12-8-9-17-18(10-12)22-23(21-17)19-14(3)13(2)11-16(15(19)4)20(5,6)7;1-9-4-5-12-13(7-9)17-18(16-12)14-8-10(2)6-11(3)15(14)19/h8-11H,1-7H3;4-8,19H,1-3H3. The second kappa shape index (κ2) is 10.7. The van der Waals surface area contributed by atoms with Crippen molar-refractivity contribution in [3.8, 4) is 17.1 Å². The summed E-state index contributed by atoms with van der Waals surface area (Å²) in [5.74, 6) is 0.225. The van der Waals surface area contributed by atoms with Crippen molar-refractivity contribution < 1.29 is 5.11 Å². The normalized spacial score (nSPS) is 11.7. The molecule has 0 saturated heterocycles. The first-order valence-electron chi connectivity index (χ1n) is 14.3. The van der Waals surface area contributed by atoms with E-state index in [1.807, 2.05) is 62.0 Å². The second-order valence-corrected chi connectivity index (χ2v) is 12.5. The zero-order valence-corrected chi connectivity index (χ0v) is 26.3. The highest BCUT2D eigenvalue weighted by molar-refractivity contribution is 5.75. The van der Waals surface area contributed by atoms with Crippen LogP contribution in [-0.2, 0) is 5.41 Å². The summed E-state index contributed by atoms with van der Waals surface area (Å²) in [5, 5.41) is 28.5. The van der Waals surface area contributed by atoms with Crippen LogP contribution < -0.4 is 0 Å². The molecule has 2 heterocycles. The zero-order chi connectivity index (χ0) is 30.5. The minimum absolute atomic E-state index is 0.0977. The molecule has 4 aromatic carbocycles. The van der Waals surface area contributed by atoms with Gasteiger partial charge in [0.2, 0.25) is 0 Å². The molecule has 0 aliphatic carbocycles. The molecule has 42 heavy (non-hydrogen) atoms. The van der Waals surface area contributed by atoms with Crippen LogP contribution in [0.3, 0.4) is 0 Å². The van der Waals surface area contributed by atoms with E-state index in [9.17, 15) is 5.11 Å². The van der Waals surface area contributed by atoms with Gasteiger partial charge < -0.3 is 5.11 Å². The molecule has 6 rings (SSSR count). The summed E-state index contributed by atoms with van der Waals surface area (Å²) in [6.45, 7) is 21.2. The van der Waals surface area contributed by atoms with E-state index in [1.54, 1.807) is 0 Å². The van der Waals surface area contributed by atoms with Crippen LogP contribution in [0.2, 0.25) is 0 Å². The molecule has 0 radical (unpaired) electrons. The van der Waals surface area contributed by atoms with Crippen molar-refractivity contribution in [2.24, 2.45) is 0 Å². The lowest BCUT2D eigenvalue weighted by atomic mass is 9.81. The first-order valence-corrected chi connectivity index (χ1v) is 14.3. The molecule has 1 N–H and O–H groups in total. The average Bonchev–Trinajstić information content (AvgIpc) is 3.51. The fraction of sp³-hybridized carbons (Fsp3) is 0.314. The van der Waals surface area contributed by atoms with Gasteiger partial charge in [0.15, 0.2) is 0 Å². The van der Waals surface area contributed by atoms with Crippen molar-refractivity contribution in [2.75, 3.05) is 0 Å². The SMILES string of the molecule is Cc1cc(C)c(O)c(-n2nc3ccc(C)cc3n2)c1.Cc1ccc2nn(-c3c(C)c(C)cc(C(C)(C)C)c3C)nc2c1. The smallest absolute Gasteiger partial charge is 0.146 e. The van der Waals surface area contributed by atoms with Gasteiger partial charge in [0.05, 0.1) is 5.69 Å². The minimum Gasteiger partial charge on any atom is -0.505 e. The summed E-state index contributed by atoms with van der Waals surface area (Å²) < 4.78 is 0. The molecule has 0 aliphatic rings. The molecule has 0 unspecified atom stereocenters. The highest BCUT2D eigenvalue weighted by atomic mass is 16.3. The Morgan fingerprint density at radius 1 is 0.548 bits per heavy atom. The van der Waals surface area contributed by atoms with Crippen molar-refractivity contribution in [3.05, 3.63) is 99.1 Å². The van der Waals surface area contributed by atoms with E-state index in [2.05, 4.69) is 76.9 Å². The number of benzene rings is 4. The summed E-state index contributed by atoms with van der Waals surface area (Å²) in [6, 6.07) is 18.3. The van der Waals surface area contributed by atoms with Crippen LogP contribution in [0.25, 0.3) is 33.4 Å². The Morgan fingerprint density at radius 2 is 1.07 bits per heavy atom. The predicted octanol–water partition coefficient (Wildman–Crippen LogP) is 8.00. The number of fused-ring (bicyclic) bond motifs is 2.